The molecule has 0 radical (unpaired) electrons. The number of rotatable bonds is 2. The van der Waals surface area contributed by atoms with Gasteiger partial charge in [0.1, 0.15) is 0 Å². The summed E-state index contributed by atoms with van der Waals surface area (Å²) < 4.78 is 5.19. The van der Waals surface area contributed by atoms with Crippen molar-refractivity contribution in [3.05, 3.63) is 21.9 Å². The molecule has 2 heterocycles. The smallest absolute Gasteiger partial charge is 0.328 e. The minimum absolute atomic E-state index is 0.0555. The zero-order valence-electron chi connectivity index (χ0n) is 11.1. The molecule has 2 aliphatic rings. The lowest BCUT2D eigenvalue weighted by Crippen LogP contribution is -2.54. The molecule has 1 aliphatic carbocycles. The third kappa shape index (κ3) is 2.33. The number of carbonyl (C=O) groups is 2. The van der Waals surface area contributed by atoms with Crippen LogP contribution in [0.1, 0.15) is 29.2 Å². The fourth-order valence-electron chi connectivity index (χ4n) is 3.02. The summed E-state index contributed by atoms with van der Waals surface area (Å²) in [5, 5.41) is 11.3. The molecule has 0 saturated carbocycles. The highest BCUT2D eigenvalue weighted by Gasteiger charge is 2.38. The number of ether oxygens (including phenoxy) is 1. The van der Waals surface area contributed by atoms with Crippen molar-refractivity contribution in [1.29, 1.82) is 0 Å². The molecule has 6 heteroatoms. The Labute approximate surface area is 121 Å². The average molecular weight is 295 g/mol. The number of nitrogens with zero attached hydrogens (tertiary/aromatic N) is 1. The van der Waals surface area contributed by atoms with Crippen LogP contribution in [0, 0.1) is 0 Å². The maximum absolute atomic E-state index is 12.7. The Balaban J connectivity index is 1.84. The zero-order valence-corrected chi connectivity index (χ0v) is 11.9. The molecule has 1 N–H and O–H groups in total. The van der Waals surface area contributed by atoms with Crippen LogP contribution >= 0.6 is 11.3 Å². The van der Waals surface area contributed by atoms with Crippen molar-refractivity contribution in [2.75, 3.05) is 19.8 Å². The molecule has 20 heavy (non-hydrogen) atoms. The number of fused-ring (bicyclic) bond motifs is 1. The van der Waals surface area contributed by atoms with Crippen molar-refractivity contribution in [3.8, 4) is 0 Å². The number of carbonyl (C=O) groups excluding carboxylic acids is 1. The predicted molar refractivity (Wildman–Crippen MR) is 74.0 cm³/mol. The predicted octanol–water partition coefficient (Wildman–Crippen LogP) is 1.48. The normalized spacial score (nSPS) is 26.1. The highest BCUT2D eigenvalue weighted by molar-refractivity contribution is 7.10. The van der Waals surface area contributed by atoms with Crippen molar-refractivity contribution >= 4 is 23.2 Å². The van der Waals surface area contributed by atoms with Gasteiger partial charge in [-0.05, 0) is 36.3 Å². The molecule has 1 aromatic rings. The number of hydrogen-bond donors (Lipinski definition) is 1. The summed E-state index contributed by atoms with van der Waals surface area (Å²) in [5.41, 5.74) is 1.10. The Morgan fingerprint density at radius 2 is 2.30 bits per heavy atom. The van der Waals surface area contributed by atoms with Crippen molar-refractivity contribution < 1.29 is 19.4 Å². The van der Waals surface area contributed by atoms with E-state index in [0.29, 0.717) is 13.2 Å². The van der Waals surface area contributed by atoms with Crippen LogP contribution in [0.4, 0.5) is 0 Å². The standard InChI is InChI=1S/C14H17NO4S/c16-13(15-5-6-19-8-11(15)14(17)18)10-2-1-3-12-9(10)4-7-20-12/h4,7,10-11H,1-3,5-6,8H2,(H,17,18). The molecular weight excluding hydrogens is 278 g/mol. The van der Waals surface area contributed by atoms with Crippen molar-refractivity contribution in [2.24, 2.45) is 0 Å². The number of aliphatic carboxylic acids is 1. The van der Waals surface area contributed by atoms with Crippen LogP contribution in [0.5, 0.6) is 0 Å². The Morgan fingerprint density at radius 3 is 3.10 bits per heavy atom. The van der Waals surface area contributed by atoms with Gasteiger partial charge >= 0.3 is 5.97 Å². The van der Waals surface area contributed by atoms with Gasteiger partial charge in [0, 0.05) is 11.4 Å². The van der Waals surface area contributed by atoms with E-state index >= 15 is 0 Å². The monoisotopic (exact) mass is 295 g/mol. The highest BCUT2D eigenvalue weighted by Crippen LogP contribution is 2.36. The molecule has 3 rings (SSSR count). The minimum atomic E-state index is -0.987. The molecule has 108 valence electrons. The molecule has 1 saturated heterocycles. The number of morpholine rings is 1. The van der Waals surface area contributed by atoms with E-state index in [4.69, 9.17) is 4.74 Å². The third-order valence-corrected chi connectivity index (χ3v) is 5.04. The maximum atomic E-state index is 12.7. The van der Waals surface area contributed by atoms with Crippen LogP contribution in [0.25, 0.3) is 0 Å². The second kappa shape index (κ2) is 5.54. The van der Waals surface area contributed by atoms with Crippen LogP contribution in [-0.4, -0.2) is 47.7 Å². The van der Waals surface area contributed by atoms with E-state index < -0.39 is 12.0 Å². The van der Waals surface area contributed by atoms with Gasteiger partial charge < -0.3 is 14.7 Å². The van der Waals surface area contributed by atoms with Crippen LogP contribution in [0.3, 0.4) is 0 Å². The fraction of sp³-hybridized carbons (Fsp3) is 0.571. The van der Waals surface area contributed by atoms with Crippen LogP contribution in [0.2, 0.25) is 0 Å². The third-order valence-electron chi connectivity index (χ3n) is 4.05. The van der Waals surface area contributed by atoms with Gasteiger partial charge in [0.15, 0.2) is 6.04 Å². The molecule has 1 amide bonds. The molecule has 0 spiro atoms. The number of hydrogen-bond acceptors (Lipinski definition) is 4. The van der Waals surface area contributed by atoms with E-state index in [-0.39, 0.29) is 18.4 Å². The number of amides is 1. The number of carboxylic acids is 1. The van der Waals surface area contributed by atoms with Gasteiger partial charge in [-0.3, -0.25) is 4.79 Å². The summed E-state index contributed by atoms with van der Waals surface area (Å²) in [6.45, 7) is 0.870. The second-order valence-electron chi connectivity index (χ2n) is 5.20. The Kier molecular flexibility index (Phi) is 3.76. The van der Waals surface area contributed by atoms with E-state index in [1.807, 2.05) is 11.4 Å². The first-order chi connectivity index (χ1) is 9.68. The van der Waals surface area contributed by atoms with Gasteiger partial charge in [0.25, 0.3) is 0 Å². The van der Waals surface area contributed by atoms with E-state index in [2.05, 4.69) is 0 Å². The van der Waals surface area contributed by atoms with Gasteiger partial charge in [0.05, 0.1) is 19.1 Å². The van der Waals surface area contributed by atoms with Gasteiger partial charge in [-0.25, -0.2) is 4.79 Å². The number of thiophene rings is 1. The van der Waals surface area contributed by atoms with E-state index in [1.54, 1.807) is 11.3 Å². The highest BCUT2D eigenvalue weighted by atomic mass is 32.1. The van der Waals surface area contributed by atoms with Crippen molar-refractivity contribution in [2.45, 2.75) is 31.2 Å². The molecule has 1 fully saturated rings. The topological polar surface area (TPSA) is 66.8 Å². The quantitative estimate of drug-likeness (QED) is 0.897. The first-order valence-corrected chi connectivity index (χ1v) is 7.73. The lowest BCUT2D eigenvalue weighted by atomic mass is 9.86. The first kappa shape index (κ1) is 13.6. The van der Waals surface area contributed by atoms with E-state index in [1.165, 1.54) is 9.78 Å². The molecular formula is C14H17NO4S. The average Bonchev–Trinajstić information content (AvgIpc) is 2.94. The number of carboxylic acid groups (broad SMARTS) is 1. The van der Waals surface area contributed by atoms with Gasteiger partial charge in [-0.2, -0.15) is 0 Å². The van der Waals surface area contributed by atoms with E-state index in [9.17, 15) is 14.7 Å². The van der Waals surface area contributed by atoms with Crippen LogP contribution in [0.15, 0.2) is 11.4 Å². The van der Waals surface area contributed by atoms with Gasteiger partial charge in [0.2, 0.25) is 5.91 Å². The number of aryl methyl sites for hydroxylation is 1. The molecule has 1 aromatic heterocycles. The summed E-state index contributed by atoms with van der Waals surface area (Å²) in [7, 11) is 0. The largest absolute Gasteiger partial charge is 0.480 e. The Bertz CT molecular complexity index is 527. The van der Waals surface area contributed by atoms with Crippen molar-refractivity contribution in [3.63, 3.8) is 0 Å². The molecule has 2 unspecified atom stereocenters. The summed E-state index contributed by atoms with van der Waals surface area (Å²) in [5.74, 6) is -1.22. The molecule has 0 bridgehead atoms. The summed E-state index contributed by atoms with van der Waals surface area (Å²) in [6, 6.07) is 1.16. The molecule has 1 aliphatic heterocycles. The van der Waals surface area contributed by atoms with Gasteiger partial charge in [-0.15, -0.1) is 11.3 Å². The lowest BCUT2D eigenvalue weighted by molar-refractivity contribution is -0.159. The molecule has 5 nitrogen and oxygen atoms in total. The van der Waals surface area contributed by atoms with Crippen molar-refractivity contribution in [1.82, 2.24) is 4.90 Å². The fourth-order valence-corrected chi connectivity index (χ4v) is 4.00. The summed E-state index contributed by atoms with van der Waals surface area (Å²) in [4.78, 5) is 26.8. The van der Waals surface area contributed by atoms with Gasteiger partial charge in [-0.1, -0.05) is 0 Å². The Hall–Kier alpha value is -1.40. The maximum Gasteiger partial charge on any atom is 0.328 e. The van der Waals surface area contributed by atoms with E-state index in [0.717, 1.165) is 24.8 Å². The minimum Gasteiger partial charge on any atom is -0.480 e. The lowest BCUT2D eigenvalue weighted by Gasteiger charge is -2.36. The summed E-state index contributed by atoms with van der Waals surface area (Å²) in [6.07, 6.45) is 2.83. The Morgan fingerprint density at radius 1 is 1.45 bits per heavy atom. The van der Waals surface area contributed by atoms with Crippen LogP contribution < -0.4 is 0 Å². The second-order valence-corrected chi connectivity index (χ2v) is 6.21. The first-order valence-electron chi connectivity index (χ1n) is 6.86. The zero-order chi connectivity index (χ0) is 14.1. The molecule has 2 atom stereocenters. The SMILES string of the molecule is O=C(O)C1COCCN1C(=O)C1CCCc2sccc21. The van der Waals surface area contributed by atoms with Crippen LogP contribution in [-0.2, 0) is 20.7 Å². The molecule has 0 aromatic carbocycles. The summed E-state index contributed by atoms with van der Waals surface area (Å²) >= 11 is 1.69.